The third kappa shape index (κ3) is 3.02. The number of aryl methyl sites for hydroxylation is 1. The smallest absolute Gasteiger partial charge is 0.335 e. The third-order valence-corrected chi connectivity index (χ3v) is 5.69. The molecule has 1 aromatic heterocycles. The molecule has 1 aliphatic rings. The molecule has 0 unspecified atom stereocenters. The van der Waals surface area contributed by atoms with Crippen molar-refractivity contribution < 1.29 is 15.0 Å². The molecule has 0 amide bonds. The summed E-state index contributed by atoms with van der Waals surface area (Å²) in [4.78, 5) is 16.1. The number of aromatic carboxylic acids is 1. The molecule has 0 saturated heterocycles. The molecular weight excluding hydrogens is 378 g/mol. The van der Waals surface area contributed by atoms with E-state index in [4.69, 9.17) is 4.98 Å². The van der Waals surface area contributed by atoms with Crippen LogP contribution in [0.25, 0.3) is 11.0 Å². The van der Waals surface area contributed by atoms with Gasteiger partial charge in [-0.3, -0.25) is 4.57 Å². The maximum absolute atomic E-state index is 11.4. The highest BCUT2D eigenvalue weighted by molar-refractivity contribution is 5.93. The Kier molecular flexibility index (Phi) is 4.29. The zero-order valence-electron chi connectivity index (χ0n) is 16.4. The van der Waals surface area contributed by atoms with Gasteiger partial charge in [0.15, 0.2) is 0 Å². The number of benzene rings is 3. The average molecular weight is 399 g/mol. The van der Waals surface area contributed by atoms with Crippen molar-refractivity contribution in [2.24, 2.45) is 0 Å². The molecule has 6 heteroatoms. The predicted octanol–water partition coefficient (Wildman–Crippen LogP) is 4.29. The maximum atomic E-state index is 11.4. The van der Waals surface area contributed by atoms with Gasteiger partial charge >= 0.3 is 5.97 Å². The SMILES string of the molecule is Cc1ccc(Nc2nc3cc(C(=O)O)ccc3n2[C@@H]2c3ccccc3C[C@@H]2O)cc1. The van der Waals surface area contributed by atoms with Crippen LogP contribution in [0.1, 0.15) is 33.1 Å². The van der Waals surface area contributed by atoms with Crippen LogP contribution in [0.4, 0.5) is 11.6 Å². The lowest BCUT2D eigenvalue weighted by atomic mass is 10.1. The second-order valence-corrected chi connectivity index (χ2v) is 7.72. The molecule has 0 bridgehead atoms. The van der Waals surface area contributed by atoms with Gasteiger partial charge in [-0.05, 0) is 48.4 Å². The van der Waals surface area contributed by atoms with Gasteiger partial charge in [-0.15, -0.1) is 0 Å². The monoisotopic (exact) mass is 399 g/mol. The molecule has 6 nitrogen and oxygen atoms in total. The molecule has 0 fully saturated rings. The van der Waals surface area contributed by atoms with Crippen LogP contribution in [0.5, 0.6) is 0 Å². The normalized spacial score (nSPS) is 17.8. The molecule has 0 saturated carbocycles. The van der Waals surface area contributed by atoms with Crippen LogP contribution in [0.2, 0.25) is 0 Å². The number of hydrogen-bond donors (Lipinski definition) is 3. The standard InChI is InChI=1S/C24H21N3O3/c1-14-6-9-17(10-7-14)25-24-26-19-12-16(23(29)30)8-11-20(19)27(24)22-18-5-3-2-4-15(18)13-21(22)28/h2-12,21-22,28H,13H2,1H3,(H,25,26)(H,29,30)/t21-,22+/m0/s1. The van der Waals surface area contributed by atoms with Gasteiger partial charge in [0.25, 0.3) is 0 Å². The van der Waals surface area contributed by atoms with Crippen LogP contribution in [0, 0.1) is 6.92 Å². The first-order chi connectivity index (χ1) is 14.5. The molecule has 30 heavy (non-hydrogen) atoms. The van der Waals surface area contributed by atoms with Crippen LogP contribution in [-0.2, 0) is 6.42 Å². The number of aromatic nitrogens is 2. The van der Waals surface area contributed by atoms with Crippen molar-refractivity contribution in [3.05, 3.63) is 89.0 Å². The van der Waals surface area contributed by atoms with Gasteiger partial charge in [-0.2, -0.15) is 0 Å². The number of aliphatic hydroxyl groups excluding tert-OH is 1. The summed E-state index contributed by atoms with van der Waals surface area (Å²) in [6.45, 7) is 2.03. The topological polar surface area (TPSA) is 87.4 Å². The van der Waals surface area contributed by atoms with Gasteiger partial charge in [0.2, 0.25) is 5.95 Å². The van der Waals surface area contributed by atoms with Gasteiger partial charge < -0.3 is 15.5 Å². The minimum Gasteiger partial charge on any atom is -0.478 e. The molecule has 0 aliphatic heterocycles. The maximum Gasteiger partial charge on any atom is 0.335 e. The van der Waals surface area contributed by atoms with Gasteiger partial charge in [0, 0.05) is 12.1 Å². The number of imidazole rings is 1. The van der Waals surface area contributed by atoms with E-state index in [1.54, 1.807) is 18.2 Å². The minimum absolute atomic E-state index is 0.182. The number of nitrogens with one attached hydrogen (secondary N) is 1. The Morgan fingerprint density at radius 2 is 1.87 bits per heavy atom. The number of carboxylic acid groups (broad SMARTS) is 1. The first-order valence-electron chi connectivity index (χ1n) is 9.86. The van der Waals surface area contributed by atoms with Crippen LogP contribution >= 0.6 is 0 Å². The Bertz CT molecular complexity index is 1260. The van der Waals surface area contributed by atoms with Gasteiger partial charge in [0.1, 0.15) is 0 Å². The Hall–Kier alpha value is -3.64. The molecule has 3 aromatic carbocycles. The van der Waals surface area contributed by atoms with Crippen molar-refractivity contribution in [1.29, 1.82) is 0 Å². The summed E-state index contributed by atoms with van der Waals surface area (Å²) in [6.07, 6.45) is -0.0324. The van der Waals surface area contributed by atoms with E-state index in [9.17, 15) is 15.0 Å². The Balaban J connectivity index is 1.70. The fraction of sp³-hybridized carbons (Fsp3) is 0.167. The summed E-state index contributed by atoms with van der Waals surface area (Å²) in [7, 11) is 0. The van der Waals surface area contributed by atoms with Crippen LogP contribution in [0.3, 0.4) is 0 Å². The quantitative estimate of drug-likeness (QED) is 0.476. The van der Waals surface area contributed by atoms with Gasteiger partial charge in [-0.1, -0.05) is 42.0 Å². The molecule has 3 N–H and O–H groups in total. The number of aliphatic hydroxyl groups is 1. The summed E-state index contributed by atoms with van der Waals surface area (Å²) < 4.78 is 1.98. The zero-order chi connectivity index (χ0) is 20.8. The predicted molar refractivity (Wildman–Crippen MR) is 115 cm³/mol. The first-order valence-corrected chi connectivity index (χ1v) is 9.86. The van der Waals surface area contributed by atoms with Crippen molar-refractivity contribution in [3.63, 3.8) is 0 Å². The lowest BCUT2D eigenvalue weighted by molar-refractivity contribution is 0.0697. The number of rotatable bonds is 4. The van der Waals surface area contributed by atoms with E-state index in [0.29, 0.717) is 17.9 Å². The Labute approximate surface area is 173 Å². The van der Waals surface area contributed by atoms with Crippen LogP contribution in [-0.4, -0.2) is 31.8 Å². The summed E-state index contributed by atoms with van der Waals surface area (Å²) >= 11 is 0. The fourth-order valence-electron chi connectivity index (χ4n) is 4.23. The summed E-state index contributed by atoms with van der Waals surface area (Å²) in [6, 6.07) is 20.6. The van der Waals surface area contributed by atoms with Gasteiger partial charge in [0.05, 0.1) is 28.7 Å². The molecule has 150 valence electrons. The van der Waals surface area contributed by atoms with Crippen molar-refractivity contribution in [1.82, 2.24) is 9.55 Å². The molecule has 0 spiro atoms. The number of nitrogens with zero attached hydrogens (tertiary/aromatic N) is 2. The Morgan fingerprint density at radius 3 is 2.63 bits per heavy atom. The zero-order valence-corrected chi connectivity index (χ0v) is 16.4. The second kappa shape index (κ2) is 7.00. The van der Waals surface area contributed by atoms with Gasteiger partial charge in [-0.25, -0.2) is 9.78 Å². The number of hydrogen-bond acceptors (Lipinski definition) is 4. The van der Waals surface area contributed by atoms with Crippen molar-refractivity contribution in [2.45, 2.75) is 25.5 Å². The molecule has 2 atom stereocenters. The van der Waals surface area contributed by atoms with Crippen LogP contribution < -0.4 is 5.32 Å². The summed E-state index contributed by atoms with van der Waals surface area (Å²) in [5.74, 6) is -0.428. The van der Waals surface area contributed by atoms with E-state index in [1.807, 2.05) is 60.0 Å². The average Bonchev–Trinajstić information content (AvgIpc) is 3.24. The molecular formula is C24H21N3O3. The number of fused-ring (bicyclic) bond motifs is 2. The largest absolute Gasteiger partial charge is 0.478 e. The highest BCUT2D eigenvalue weighted by Gasteiger charge is 2.35. The number of carboxylic acids is 1. The first kappa shape index (κ1) is 18.4. The number of carbonyl (C=O) groups is 1. The third-order valence-electron chi connectivity index (χ3n) is 5.69. The van der Waals surface area contributed by atoms with E-state index >= 15 is 0 Å². The lowest BCUT2D eigenvalue weighted by Crippen LogP contribution is -2.22. The van der Waals surface area contributed by atoms with Crippen molar-refractivity contribution in [3.8, 4) is 0 Å². The van der Waals surface area contributed by atoms with Crippen molar-refractivity contribution in [2.75, 3.05) is 5.32 Å². The molecule has 5 rings (SSSR count). The summed E-state index contributed by atoms with van der Waals surface area (Å²) in [5, 5.41) is 23.7. The van der Waals surface area contributed by atoms with E-state index in [1.165, 1.54) is 0 Å². The second-order valence-electron chi connectivity index (χ2n) is 7.72. The highest BCUT2D eigenvalue weighted by atomic mass is 16.4. The van der Waals surface area contributed by atoms with E-state index in [2.05, 4.69) is 5.32 Å². The summed E-state index contributed by atoms with van der Waals surface area (Å²) in [5.41, 5.74) is 5.72. The minimum atomic E-state index is -0.995. The van der Waals surface area contributed by atoms with E-state index in [-0.39, 0.29) is 11.6 Å². The fourth-order valence-corrected chi connectivity index (χ4v) is 4.23. The molecule has 0 radical (unpaired) electrons. The molecule has 4 aromatic rings. The number of anilines is 2. The highest BCUT2D eigenvalue weighted by Crippen LogP contribution is 2.39. The van der Waals surface area contributed by atoms with E-state index in [0.717, 1.165) is 27.9 Å². The Morgan fingerprint density at radius 1 is 1.10 bits per heavy atom. The van der Waals surface area contributed by atoms with Crippen LogP contribution in [0.15, 0.2) is 66.7 Å². The van der Waals surface area contributed by atoms with E-state index < -0.39 is 12.1 Å². The molecule has 1 heterocycles. The van der Waals surface area contributed by atoms with Crippen molar-refractivity contribution >= 4 is 28.6 Å². The lowest BCUT2D eigenvalue weighted by Gasteiger charge is -2.22. The molecule has 1 aliphatic carbocycles.